The van der Waals surface area contributed by atoms with Crippen LogP contribution in [0.25, 0.3) is 0 Å². The molecule has 3 N–H and O–H groups in total. The second-order valence-corrected chi connectivity index (χ2v) is 1.21. The number of aldehydes is 1. The number of carbonyl (C=O) groups excluding carboxylic acids is 1. The molecule has 0 aromatic carbocycles. The fourth-order valence-corrected chi connectivity index (χ4v) is 0.0481. The lowest BCUT2D eigenvalue weighted by atomic mass is 10.3. The van der Waals surface area contributed by atoms with Crippen molar-refractivity contribution in [2.45, 2.75) is 5.72 Å². The summed E-state index contributed by atoms with van der Waals surface area (Å²) in [7, 11) is 0. The quantitative estimate of drug-likeness (QED) is 0.267. The standard InChI is InChI=1S/C4H7NO2/c1-2-4(5,7)3-6/h2-3,7H,1,5H2/t4-/m1/s1. The van der Waals surface area contributed by atoms with Gasteiger partial charge in [-0.05, 0) is 6.08 Å². The highest BCUT2D eigenvalue weighted by molar-refractivity contribution is 5.63. The topological polar surface area (TPSA) is 63.3 Å². The SMILES string of the molecule is C=C[C@@](N)(O)C=O. The van der Waals surface area contributed by atoms with Crippen LogP contribution in [0.1, 0.15) is 0 Å². The maximum Gasteiger partial charge on any atom is 0.189 e. The van der Waals surface area contributed by atoms with Gasteiger partial charge in [0.15, 0.2) is 12.0 Å². The lowest BCUT2D eigenvalue weighted by Crippen LogP contribution is -2.38. The summed E-state index contributed by atoms with van der Waals surface area (Å²) in [6.45, 7) is 3.10. The molecule has 0 fully saturated rings. The Labute approximate surface area is 41.4 Å². The first-order chi connectivity index (χ1) is 3.12. The third kappa shape index (κ3) is 2.08. The Kier molecular flexibility index (Phi) is 1.68. The zero-order valence-corrected chi connectivity index (χ0v) is 3.79. The van der Waals surface area contributed by atoms with E-state index >= 15 is 0 Å². The van der Waals surface area contributed by atoms with Gasteiger partial charge in [-0.1, -0.05) is 6.58 Å². The molecule has 0 unspecified atom stereocenters. The predicted octanol–water partition coefficient (Wildman–Crippen LogP) is -0.981. The van der Waals surface area contributed by atoms with Gasteiger partial charge in [-0.15, -0.1) is 0 Å². The molecule has 0 aliphatic carbocycles. The molecule has 0 saturated heterocycles. The van der Waals surface area contributed by atoms with Gasteiger partial charge in [0.2, 0.25) is 0 Å². The summed E-state index contributed by atoms with van der Waals surface area (Å²) in [5.74, 6) is 0. The number of hydrogen-bond donors (Lipinski definition) is 2. The van der Waals surface area contributed by atoms with Crippen molar-refractivity contribution in [2.75, 3.05) is 0 Å². The van der Waals surface area contributed by atoms with Crippen LogP contribution in [0.3, 0.4) is 0 Å². The number of hydrogen-bond acceptors (Lipinski definition) is 3. The van der Waals surface area contributed by atoms with Crippen LogP contribution in [0.4, 0.5) is 0 Å². The van der Waals surface area contributed by atoms with Crippen molar-refractivity contribution in [1.82, 2.24) is 0 Å². The molecule has 0 radical (unpaired) electrons. The Bertz CT molecular complexity index is 77.7. The Morgan fingerprint density at radius 2 is 2.29 bits per heavy atom. The summed E-state index contributed by atoms with van der Waals surface area (Å²) >= 11 is 0. The van der Waals surface area contributed by atoms with Crippen molar-refractivity contribution in [2.24, 2.45) is 5.73 Å². The van der Waals surface area contributed by atoms with E-state index in [0.29, 0.717) is 0 Å². The van der Waals surface area contributed by atoms with E-state index < -0.39 is 5.72 Å². The minimum absolute atomic E-state index is 0.208. The lowest BCUT2D eigenvalue weighted by Gasteiger charge is -2.05. The summed E-state index contributed by atoms with van der Waals surface area (Å²) in [6, 6.07) is 0. The molecule has 1 atom stereocenters. The van der Waals surface area contributed by atoms with Gasteiger partial charge < -0.3 is 5.11 Å². The van der Waals surface area contributed by atoms with E-state index in [2.05, 4.69) is 6.58 Å². The molecular formula is C4H7NO2. The average Bonchev–Trinajstić information content (AvgIpc) is 1.68. The van der Waals surface area contributed by atoms with E-state index in [0.717, 1.165) is 6.08 Å². The van der Waals surface area contributed by atoms with Gasteiger partial charge in [0.1, 0.15) is 0 Å². The monoisotopic (exact) mass is 101 g/mol. The molecule has 3 nitrogen and oxygen atoms in total. The van der Waals surface area contributed by atoms with Gasteiger partial charge in [0.05, 0.1) is 0 Å². The Morgan fingerprint density at radius 1 is 1.86 bits per heavy atom. The van der Waals surface area contributed by atoms with Crippen molar-refractivity contribution < 1.29 is 9.90 Å². The number of nitrogens with two attached hydrogens (primary N) is 1. The van der Waals surface area contributed by atoms with Crippen LogP contribution in [0.2, 0.25) is 0 Å². The highest BCUT2D eigenvalue weighted by Crippen LogP contribution is 1.86. The smallest absolute Gasteiger partial charge is 0.189 e. The molecule has 40 valence electrons. The molecule has 0 aliphatic heterocycles. The second kappa shape index (κ2) is 1.86. The van der Waals surface area contributed by atoms with Crippen molar-refractivity contribution in [1.29, 1.82) is 0 Å². The number of carbonyl (C=O) groups is 1. The first-order valence-electron chi connectivity index (χ1n) is 1.73. The molecule has 0 rings (SSSR count). The lowest BCUT2D eigenvalue weighted by molar-refractivity contribution is -0.119. The van der Waals surface area contributed by atoms with Crippen molar-refractivity contribution in [3.05, 3.63) is 12.7 Å². The van der Waals surface area contributed by atoms with Gasteiger partial charge in [0, 0.05) is 0 Å². The highest BCUT2D eigenvalue weighted by atomic mass is 16.3. The molecule has 3 heteroatoms. The van der Waals surface area contributed by atoms with Gasteiger partial charge in [-0.3, -0.25) is 10.5 Å². The molecule has 0 saturated carbocycles. The zero-order chi connectivity index (χ0) is 5.91. The van der Waals surface area contributed by atoms with Crippen LogP contribution < -0.4 is 5.73 Å². The van der Waals surface area contributed by atoms with Crippen molar-refractivity contribution in [3.63, 3.8) is 0 Å². The highest BCUT2D eigenvalue weighted by Gasteiger charge is 2.11. The summed E-state index contributed by atoms with van der Waals surface area (Å²) in [5, 5.41) is 8.42. The summed E-state index contributed by atoms with van der Waals surface area (Å²) in [6.07, 6.45) is 1.17. The minimum Gasteiger partial charge on any atom is -0.366 e. The van der Waals surface area contributed by atoms with Crippen LogP contribution in [0, 0.1) is 0 Å². The second-order valence-electron chi connectivity index (χ2n) is 1.21. The van der Waals surface area contributed by atoms with Crippen LogP contribution in [-0.2, 0) is 4.79 Å². The van der Waals surface area contributed by atoms with E-state index in [1.807, 2.05) is 0 Å². The molecular weight excluding hydrogens is 94.0 g/mol. The predicted molar refractivity (Wildman–Crippen MR) is 25.4 cm³/mol. The van der Waals surface area contributed by atoms with Crippen LogP contribution in [0.15, 0.2) is 12.7 Å². The van der Waals surface area contributed by atoms with E-state index in [4.69, 9.17) is 10.8 Å². The first kappa shape index (κ1) is 6.33. The first-order valence-corrected chi connectivity index (χ1v) is 1.73. The Hall–Kier alpha value is -0.670. The number of rotatable bonds is 2. The Morgan fingerprint density at radius 3 is 2.29 bits per heavy atom. The van der Waals surface area contributed by atoms with E-state index in [1.165, 1.54) is 0 Å². The average molecular weight is 101 g/mol. The van der Waals surface area contributed by atoms with E-state index in [1.54, 1.807) is 0 Å². The molecule has 0 aromatic rings. The van der Waals surface area contributed by atoms with Crippen molar-refractivity contribution in [3.8, 4) is 0 Å². The van der Waals surface area contributed by atoms with Gasteiger partial charge in [0.25, 0.3) is 0 Å². The molecule has 0 aliphatic rings. The summed E-state index contributed by atoms with van der Waals surface area (Å²) in [5.41, 5.74) is 2.95. The molecule has 0 bridgehead atoms. The third-order valence-corrected chi connectivity index (χ3v) is 0.516. The van der Waals surface area contributed by atoms with Crippen LogP contribution in [0.5, 0.6) is 0 Å². The molecule has 0 spiro atoms. The summed E-state index contributed by atoms with van der Waals surface area (Å²) in [4.78, 5) is 9.61. The van der Waals surface area contributed by atoms with Crippen molar-refractivity contribution >= 4 is 6.29 Å². The zero-order valence-electron chi connectivity index (χ0n) is 3.79. The maximum atomic E-state index is 9.61. The normalized spacial score (nSPS) is 17.4. The largest absolute Gasteiger partial charge is 0.366 e. The molecule has 0 heterocycles. The third-order valence-electron chi connectivity index (χ3n) is 0.516. The minimum atomic E-state index is -1.83. The molecule has 0 aromatic heterocycles. The van der Waals surface area contributed by atoms with Gasteiger partial charge in [-0.2, -0.15) is 0 Å². The Balaban J connectivity index is 3.82. The number of aliphatic hydroxyl groups is 1. The van der Waals surface area contributed by atoms with E-state index in [-0.39, 0.29) is 6.29 Å². The maximum absolute atomic E-state index is 9.61. The molecule has 7 heavy (non-hydrogen) atoms. The van der Waals surface area contributed by atoms with Gasteiger partial charge in [-0.25, -0.2) is 0 Å². The fraction of sp³-hybridized carbons (Fsp3) is 0.250. The van der Waals surface area contributed by atoms with Gasteiger partial charge >= 0.3 is 0 Å². The summed E-state index contributed by atoms with van der Waals surface area (Å²) < 4.78 is 0. The van der Waals surface area contributed by atoms with Crippen LogP contribution >= 0.6 is 0 Å². The van der Waals surface area contributed by atoms with Crippen LogP contribution in [-0.4, -0.2) is 17.1 Å². The fourth-order valence-electron chi connectivity index (χ4n) is 0.0481. The van der Waals surface area contributed by atoms with E-state index in [9.17, 15) is 4.79 Å². The molecule has 0 amide bonds.